The van der Waals surface area contributed by atoms with Gasteiger partial charge in [0.1, 0.15) is 4.34 Å². The zero-order valence-electron chi connectivity index (χ0n) is 18.3. The summed E-state index contributed by atoms with van der Waals surface area (Å²) < 4.78 is 29.0. The first kappa shape index (κ1) is 22.2. The lowest BCUT2D eigenvalue weighted by Gasteiger charge is -2.42. The molecule has 1 aliphatic carbocycles. The predicted molar refractivity (Wildman–Crippen MR) is 137 cm³/mol. The van der Waals surface area contributed by atoms with E-state index < -0.39 is 10.0 Å². The molecule has 3 heterocycles. The number of rotatable bonds is 4. The molecule has 1 saturated carbocycles. The highest BCUT2D eigenvalue weighted by molar-refractivity contribution is 7.90. The average molecular weight is 534 g/mol. The molecule has 4 aromatic rings. The summed E-state index contributed by atoms with van der Waals surface area (Å²) >= 11 is 14.2. The molecule has 11 heteroatoms. The van der Waals surface area contributed by atoms with E-state index in [0.717, 1.165) is 40.7 Å². The fourth-order valence-corrected chi connectivity index (χ4v) is 7.16. The number of hydrogen-bond donors (Lipinski definition) is 0. The van der Waals surface area contributed by atoms with E-state index in [1.165, 1.54) is 11.3 Å². The molecule has 176 valence electrons. The molecule has 6 rings (SSSR count). The molecule has 0 unspecified atom stereocenters. The topological polar surface area (TPSA) is 71.3 Å². The fraction of sp³-hybridized carbons (Fsp3) is 0.304. The molecule has 1 aliphatic heterocycles. The Balaban J connectivity index is 1.44. The number of nitrogens with zero attached hydrogens (tertiary/aromatic N) is 5. The number of halogens is 2. The van der Waals surface area contributed by atoms with Crippen molar-refractivity contribution in [2.75, 3.05) is 29.4 Å². The van der Waals surface area contributed by atoms with Crippen molar-refractivity contribution in [1.82, 2.24) is 14.2 Å². The summed E-state index contributed by atoms with van der Waals surface area (Å²) in [7, 11) is -3.90. The largest absolute Gasteiger partial charge is 0.345 e. The standard InChI is InChI=1S/C23H21Cl2N5O2S2/c1-15-5-7-16(8-6-15)34(31,32)30-18-4-2-3-17(24)20(18)21(27-30)29-12-11-28(14-23(29)9-10-23)22-26-13-19(25)33-22/h2-8,13H,9-12,14H2,1H3. The van der Waals surface area contributed by atoms with Gasteiger partial charge in [0.15, 0.2) is 10.9 Å². The van der Waals surface area contributed by atoms with Crippen molar-refractivity contribution < 1.29 is 8.42 Å². The number of fused-ring (bicyclic) bond motifs is 1. The number of hydrogen-bond acceptors (Lipinski definition) is 7. The van der Waals surface area contributed by atoms with Gasteiger partial charge in [-0.25, -0.2) is 4.98 Å². The van der Waals surface area contributed by atoms with Gasteiger partial charge in [-0.2, -0.15) is 12.5 Å². The van der Waals surface area contributed by atoms with E-state index >= 15 is 0 Å². The van der Waals surface area contributed by atoms with Crippen molar-refractivity contribution >= 4 is 66.4 Å². The van der Waals surface area contributed by atoms with Crippen LogP contribution >= 0.6 is 34.5 Å². The predicted octanol–water partition coefficient (Wildman–Crippen LogP) is 5.20. The van der Waals surface area contributed by atoms with Gasteiger partial charge in [-0.1, -0.05) is 58.3 Å². The summed E-state index contributed by atoms with van der Waals surface area (Å²) in [5, 5.41) is 6.76. The van der Waals surface area contributed by atoms with E-state index in [2.05, 4.69) is 14.8 Å². The van der Waals surface area contributed by atoms with Crippen molar-refractivity contribution in [3.8, 4) is 0 Å². The van der Waals surface area contributed by atoms with Crippen molar-refractivity contribution in [2.24, 2.45) is 0 Å². The van der Waals surface area contributed by atoms with Crippen LogP contribution in [0.4, 0.5) is 10.9 Å². The number of piperazine rings is 1. The SMILES string of the molecule is Cc1ccc(S(=O)(=O)n2nc(N3CCN(c4ncc(Cl)s4)CC34CC4)c3c(Cl)cccc32)cc1. The summed E-state index contributed by atoms with van der Waals surface area (Å²) in [4.78, 5) is 9.14. The van der Waals surface area contributed by atoms with Gasteiger partial charge in [-0.05, 0) is 44.0 Å². The smallest absolute Gasteiger partial charge is 0.283 e. The van der Waals surface area contributed by atoms with Crippen molar-refractivity contribution in [2.45, 2.75) is 30.2 Å². The highest BCUT2D eigenvalue weighted by Crippen LogP contribution is 2.49. The van der Waals surface area contributed by atoms with Gasteiger partial charge in [0.2, 0.25) is 0 Å². The number of anilines is 2. The van der Waals surface area contributed by atoms with E-state index in [9.17, 15) is 8.42 Å². The lowest BCUT2D eigenvalue weighted by atomic mass is 10.1. The lowest BCUT2D eigenvalue weighted by molar-refractivity contribution is 0.504. The number of benzene rings is 2. The second kappa shape index (κ2) is 7.84. The normalized spacial score (nSPS) is 17.6. The zero-order valence-corrected chi connectivity index (χ0v) is 21.4. The number of aromatic nitrogens is 3. The quantitative estimate of drug-likeness (QED) is 0.358. The summed E-state index contributed by atoms with van der Waals surface area (Å²) in [5.41, 5.74) is 1.34. The van der Waals surface area contributed by atoms with Crippen molar-refractivity contribution in [3.63, 3.8) is 0 Å². The summed E-state index contributed by atoms with van der Waals surface area (Å²) in [6.45, 7) is 4.11. The zero-order chi connectivity index (χ0) is 23.7. The van der Waals surface area contributed by atoms with Gasteiger partial charge < -0.3 is 9.80 Å². The molecule has 2 aliphatic rings. The van der Waals surface area contributed by atoms with Gasteiger partial charge in [-0.3, -0.25) is 0 Å². The highest BCUT2D eigenvalue weighted by Gasteiger charge is 2.53. The van der Waals surface area contributed by atoms with E-state index in [-0.39, 0.29) is 10.4 Å². The third-order valence-electron chi connectivity index (χ3n) is 6.62. The van der Waals surface area contributed by atoms with Crippen LogP contribution in [0.2, 0.25) is 9.36 Å². The molecule has 7 nitrogen and oxygen atoms in total. The molecular formula is C23H21Cl2N5O2S2. The van der Waals surface area contributed by atoms with Crippen molar-refractivity contribution in [1.29, 1.82) is 0 Å². The first-order chi connectivity index (χ1) is 16.3. The Kier molecular flexibility index (Phi) is 5.11. The molecule has 1 saturated heterocycles. The Hall–Kier alpha value is -2.33. The first-order valence-electron chi connectivity index (χ1n) is 10.9. The van der Waals surface area contributed by atoms with Gasteiger partial charge in [0.05, 0.1) is 32.6 Å². The Morgan fingerprint density at radius 2 is 1.82 bits per heavy atom. The molecule has 0 amide bonds. The Bertz CT molecular complexity index is 1510. The van der Waals surface area contributed by atoms with Crippen LogP contribution in [0.25, 0.3) is 10.9 Å². The first-order valence-corrected chi connectivity index (χ1v) is 13.9. The molecule has 2 aromatic heterocycles. The second-order valence-corrected chi connectivity index (χ2v) is 12.7. The Labute approximate surface area is 211 Å². The third-order valence-corrected chi connectivity index (χ3v) is 9.72. The molecule has 2 aromatic carbocycles. The fourth-order valence-electron chi connectivity index (χ4n) is 4.70. The van der Waals surface area contributed by atoms with Crippen LogP contribution in [0.15, 0.2) is 53.6 Å². The van der Waals surface area contributed by atoms with Crippen LogP contribution in [0.3, 0.4) is 0 Å². The van der Waals surface area contributed by atoms with Crippen LogP contribution in [0.1, 0.15) is 18.4 Å². The summed E-state index contributed by atoms with van der Waals surface area (Å²) in [6.07, 6.45) is 3.66. The van der Waals surface area contributed by atoms with Gasteiger partial charge in [0.25, 0.3) is 10.0 Å². The number of thiazole rings is 1. The minimum Gasteiger partial charge on any atom is -0.345 e. The summed E-state index contributed by atoms with van der Waals surface area (Å²) in [6, 6.07) is 12.1. The van der Waals surface area contributed by atoms with E-state index in [4.69, 9.17) is 28.3 Å². The van der Waals surface area contributed by atoms with Crippen LogP contribution in [0.5, 0.6) is 0 Å². The Morgan fingerprint density at radius 3 is 2.50 bits per heavy atom. The minimum atomic E-state index is -3.90. The molecule has 0 N–H and O–H groups in total. The highest BCUT2D eigenvalue weighted by atomic mass is 35.5. The number of aryl methyl sites for hydroxylation is 1. The Morgan fingerprint density at radius 1 is 1.06 bits per heavy atom. The molecule has 1 spiro atoms. The van der Waals surface area contributed by atoms with Crippen LogP contribution < -0.4 is 9.80 Å². The molecule has 0 atom stereocenters. The van der Waals surface area contributed by atoms with Crippen LogP contribution in [-0.2, 0) is 10.0 Å². The average Bonchev–Trinajstić information content (AvgIpc) is 3.24. The minimum absolute atomic E-state index is 0.130. The van der Waals surface area contributed by atoms with Crippen LogP contribution in [-0.4, -0.2) is 47.8 Å². The maximum atomic E-state index is 13.6. The molecule has 2 fully saturated rings. The van der Waals surface area contributed by atoms with E-state index in [1.807, 2.05) is 6.92 Å². The summed E-state index contributed by atoms with van der Waals surface area (Å²) in [5.74, 6) is 0.616. The van der Waals surface area contributed by atoms with Gasteiger partial charge >= 0.3 is 0 Å². The van der Waals surface area contributed by atoms with Gasteiger partial charge in [0, 0.05) is 19.6 Å². The molecule has 34 heavy (non-hydrogen) atoms. The molecule has 0 bridgehead atoms. The van der Waals surface area contributed by atoms with Crippen LogP contribution in [0, 0.1) is 6.92 Å². The van der Waals surface area contributed by atoms with Crippen molar-refractivity contribution in [3.05, 3.63) is 63.6 Å². The third kappa shape index (κ3) is 3.48. The second-order valence-electron chi connectivity index (χ2n) is 8.86. The van der Waals surface area contributed by atoms with Gasteiger partial charge in [-0.15, -0.1) is 5.10 Å². The van der Waals surface area contributed by atoms with E-state index in [0.29, 0.717) is 32.6 Å². The maximum absolute atomic E-state index is 13.6. The molecule has 0 radical (unpaired) electrons. The monoisotopic (exact) mass is 533 g/mol. The maximum Gasteiger partial charge on any atom is 0.283 e. The molecular weight excluding hydrogens is 513 g/mol. The van der Waals surface area contributed by atoms with E-state index in [1.54, 1.807) is 48.7 Å². The lowest BCUT2D eigenvalue weighted by Crippen LogP contribution is -2.55.